The van der Waals surface area contributed by atoms with Crippen molar-refractivity contribution in [1.29, 1.82) is 5.26 Å². The summed E-state index contributed by atoms with van der Waals surface area (Å²) in [4.78, 5) is 0. The Labute approximate surface area is 106 Å². The van der Waals surface area contributed by atoms with E-state index in [2.05, 4.69) is 0 Å². The second kappa shape index (κ2) is 7.91. The third kappa shape index (κ3) is 5.05. The molecule has 1 aromatic carbocycles. The molecule has 0 saturated heterocycles. The summed E-state index contributed by atoms with van der Waals surface area (Å²) in [5, 5.41) is 9.40. The third-order valence-electron chi connectivity index (χ3n) is 1.98. The van der Waals surface area contributed by atoms with Gasteiger partial charge in [0.05, 0.1) is 25.4 Å². The van der Waals surface area contributed by atoms with Crippen LogP contribution in [0.1, 0.15) is 5.56 Å². The van der Waals surface area contributed by atoms with E-state index in [0.717, 1.165) is 0 Å². The lowest BCUT2D eigenvalue weighted by atomic mass is 10.2. The number of ether oxygens (including phenoxy) is 3. The zero-order valence-corrected chi connectivity index (χ0v) is 10.4. The van der Waals surface area contributed by atoms with Crippen molar-refractivity contribution in [3.8, 4) is 11.8 Å². The van der Waals surface area contributed by atoms with Crippen LogP contribution in [0.25, 0.3) is 0 Å². The van der Waals surface area contributed by atoms with E-state index in [-0.39, 0.29) is 0 Å². The van der Waals surface area contributed by atoms with Gasteiger partial charge in [0.15, 0.2) is 0 Å². The molecule has 4 nitrogen and oxygen atoms in total. The number of methoxy groups -OCH3 is 1. The minimum atomic E-state index is 0.374. The van der Waals surface area contributed by atoms with Crippen LogP contribution in [0.5, 0.6) is 5.75 Å². The van der Waals surface area contributed by atoms with Crippen molar-refractivity contribution in [2.24, 2.45) is 0 Å². The van der Waals surface area contributed by atoms with E-state index in [1.165, 1.54) is 0 Å². The van der Waals surface area contributed by atoms with Crippen molar-refractivity contribution >= 4 is 11.6 Å². The lowest BCUT2D eigenvalue weighted by Crippen LogP contribution is -2.10. The molecule has 0 saturated carbocycles. The first-order chi connectivity index (χ1) is 8.27. The Kier molecular flexibility index (Phi) is 6.41. The molecule has 1 aromatic rings. The van der Waals surface area contributed by atoms with Gasteiger partial charge in [0.25, 0.3) is 0 Å². The minimum absolute atomic E-state index is 0.374. The normalized spacial score (nSPS) is 9.94. The lowest BCUT2D eigenvalue weighted by Gasteiger charge is -2.08. The second-order valence-corrected chi connectivity index (χ2v) is 3.64. The summed E-state index contributed by atoms with van der Waals surface area (Å²) in [7, 11) is 1.62. The van der Waals surface area contributed by atoms with Crippen LogP contribution < -0.4 is 4.74 Å². The van der Waals surface area contributed by atoms with Crippen molar-refractivity contribution in [2.45, 2.75) is 0 Å². The maximum Gasteiger partial charge on any atom is 0.138 e. The third-order valence-corrected chi connectivity index (χ3v) is 2.22. The number of benzene rings is 1. The van der Waals surface area contributed by atoms with Gasteiger partial charge in [0.1, 0.15) is 18.4 Å². The quantitative estimate of drug-likeness (QED) is 0.702. The molecule has 5 heteroatoms. The van der Waals surface area contributed by atoms with Gasteiger partial charge in [0, 0.05) is 18.2 Å². The summed E-state index contributed by atoms with van der Waals surface area (Å²) in [5.74, 6) is 0.482. The first-order valence-electron chi connectivity index (χ1n) is 5.17. The lowest BCUT2D eigenvalue weighted by molar-refractivity contribution is 0.0544. The number of nitriles is 1. The Balaban J connectivity index is 2.36. The van der Waals surface area contributed by atoms with E-state index in [1.807, 2.05) is 6.07 Å². The molecule has 1 rings (SSSR count). The van der Waals surface area contributed by atoms with Crippen LogP contribution in [-0.4, -0.2) is 33.5 Å². The molecule has 0 aliphatic rings. The molecule has 0 bridgehead atoms. The van der Waals surface area contributed by atoms with Gasteiger partial charge in [-0.3, -0.25) is 0 Å². The summed E-state index contributed by atoms with van der Waals surface area (Å²) in [5.41, 5.74) is 0.464. The minimum Gasteiger partial charge on any atom is -0.490 e. The van der Waals surface area contributed by atoms with Crippen LogP contribution in [0.4, 0.5) is 0 Å². The highest BCUT2D eigenvalue weighted by Gasteiger charge is 2.03. The first-order valence-corrected chi connectivity index (χ1v) is 5.55. The molecular formula is C12H14ClNO3. The molecule has 0 amide bonds. The van der Waals surface area contributed by atoms with Gasteiger partial charge < -0.3 is 14.2 Å². The average molecular weight is 256 g/mol. The van der Waals surface area contributed by atoms with E-state index in [4.69, 9.17) is 31.1 Å². The first kappa shape index (κ1) is 13.8. The Morgan fingerprint density at radius 3 is 2.71 bits per heavy atom. The Hall–Kier alpha value is -1.28. The van der Waals surface area contributed by atoms with Crippen molar-refractivity contribution in [2.75, 3.05) is 33.5 Å². The van der Waals surface area contributed by atoms with Gasteiger partial charge in [-0.2, -0.15) is 5.26 Å². The molecule has 0 aromatic heterocycles. The Bertz CT molecular complexity index is 390. The van der Waals surface area contributed by atoms with E-state index in [0.29, 0.717) is 42.8 Å². The van der Waals surface area contributed by atoms with Crippen LogP contribution in [0.3, 0.4) is 0 Å². The molecule has 0 aliphatic heterocycles. The smallest absolute Gasteiger partial charge is 0.138 e. The van der Waals surface area contributed by atoms with Gasteiger partial charge in [0.2, 0.25) is 0 Å². The topological polar surface area (TPSA) is 51.5 Å². The summed E-state index contributed by atoms with van der Waals surface area (Å²) in [6, 6.07) is 6.94. The molecular weight excluding hydrogens is 242 g/mol. The predicted molar refractivity (Wildman–Crippen MR) is 64.4 cm³/mol. The highest BCUT2D eigenvalue weighted by atomic mass is 35.5. The zero-order valence-electron chi connectivity index (χ0n) is 9.61. The van der Waals surface area contributed by atoms with Crippen LogP contribution in [0.2, 0.25) is 5.02 Å². The van der Waals surface area contributed by atoms with Crippen molar-refractivity contribution in [3.63, 3.8) is 0 Å². The summed E-state index contributed by atoms with van der Waals surface area (Å²) < 4.78 is 15.5. The van der Waals surface area contributed by atoms with Crippen LogP contribution >= 0.6 is 11.6 Å². The molecule has 0 unspecified atom stereocenters. The molecule has 0 fully saturated rings. The number of halogens is 1. The standard InChI is InChI=1S/C12H14ClNO3/c1-15-4-5-16-6-7-17-12-8-11(13)3-2-10(12)9-14/h2-3,8H,4-7H2,1H3. The Morgan fingerprint density at radius 2 is 2.00 bits per heavy atom. The van der Waals surface area contributed by atoms with Gasteiger partial charge >= 0.3 is 0 Å². The molecule has 0 N–H and O–H groups in total. The number of nitrogens with zero attached hydrogens (tertiary/aromatic N) is 1. The fourth-order valence-electron chi connectivity index (χ4n) is 1.16. The molecule has 0 radical (unpaired) electrons. The number of hydrogen-bond acceptors (Lipinski definition) is 4. The van der Waals surface area contributed by atoms with Crippen molar-refractivity contribution in [1.82, 2.24) is 0 Å². The highest BCUT2D eigenvalue weighted by Crippen LogP contribution is 2.22. The fraction of sp³-hybridized carbons (Fsp3) is 0.417. The van der Waals surface area contributed by atoms with Crippen LogP contribution in [-0.2, 0) is 9.47 Å². The van der Waals surface area contributed by atoms with Gasteiger partial charge in [-0.1, -0.05) is 11.6 Å². The Morgan fingerprint density at radius 1 is 1.24 bits per heavy atom. The predicted octanol–water partition coefficient (Wildman–Crippen LogP) is 2.25. The highest BCUT2D eigenvalue weighted by molar-refractivity contribution is 6.30. The van der Waals surface area contributed by atoms with E-state index >= 15 is 0 Å². The summed E-state index contributed by atoms with van der Waals surface area (Å²) >= 11 is 5.82. The number of rotatable bonds is 7. The average Bonchev–Trinajstić information content (AvgIpc) is 2.34. The van der Waals surface area contributed by atoms with E-state index in [9.17, 15) is 0 Å². The van der Waals surface area contributed by atoms with Gasteiger partial charge in [-0.05, 0) is 12.1 Å². The van der Waals surface area contributed by atoms with E-state index < -0.39 is 0 Å². The van der Waals surface area contributed by atoms with Gasteiger partial charge in [-0.25, -0.2) is 0 Å². The molecule has 0 atom stereocenters. The van der Waals surface area contributed by atoms with Crippen LogP contribution in [0.15, 0.2) is 18.2 Å². The SMILES string of the molecule is COCCOCCOc1cc(Cl)ccc1C#N. The maximum atomic E-state index is 8.86. The zero-order chi connectivity index (χ0) is 12.5. The van der Waals surface area contributed by atoms with Crippen molar-refractivity contribution < 1.29 is 14.2 Å². The molecule has 0 spiro atoms. The van der Waals surface area contributed by atoms with E-state index in [1.54, 1.807) is 25.3 Å². The van der Waals surface area contributed by atoms with Gasteiger partial charge in [-0.15, -0.1) is 0 Å². The number of hydrogen-bond donors (Lipinski definition) is 0. The summed E-state index contributed by atoms with van der Waals surface area (Å²) in [6.45, 7) is 1.90. The molecule has 0 aliphatic carbocycles. The molecule has 0 heterocycles. The maximum absolute atomic E-state index is 8.86. The monoisotopic (exact) mass is 255 g/mol. The molecule has 92 valence electrons. The van der Waals surface area contributed by atoms with Crippen LogP contribution in [0, 0.1) is 11.3 Å². The largest absolute Gasteiger partial charge is 0.490 e. The second-order valence-electron chi connectivity index (χ2n) is 3.21. The van der Waals surface area contributed by atoms with Crippen molar-refractivity contribution in [3.05, 3.63) is 28.8 Å². The fourth-order valence-corrected chi connectivity index (χ4v) is 1.32. The molecule has 17 heavy (non-hydrogen) atoms. The summed E-state index contributed by atoms with van der Waals surface area (Å²) in [6.07, 6.45) is 0.